The number of aromatic hydroxyl groups is 1. The van der Waals surface area contributed by atoms with Gasteiger partial charge in [0.1, 0.15) is 17.2 Å². The van der Waals surface area contributed by atoms with Crippen molar-refractivity contribution >= 4 is 17.2 Å². The van der Waals surface area contributed by atoms with Crippen LogP contribution >= 0.6 is 0 Å². The summed E-state index contributed by atoms with van der Waals surface area (Å²) >= 11 is 0. The highest BCUT2D eigenvalue weighted by molar-refractivity contribution is 5.64. The molecule has 0 radical (unpaired) electrons. The molecule has 0 saturated carbocycles. The van der Waals surface area contributed by atoms with E-state index in [4.69, 9.17) is 4.74 Å². The van der Waals surface area contributed by atoms with E-state index < -0.39 is 0 Å². The monoisotopic (exact) mass is 233 g/mol. The molecule has 0 unspecified atom stereocenters. The van der Waals surface area contributed by atoms with Gasteiger partial charge in [0.25, 0.3) is 6.01 Å². The fourth-order valence-electron chi connectivity index (χ4n) is 1.45. The molecular formula is C11H11N3O3. The molecular weight excluding hydrogens is 222 g/mol. The van der Waals surface area contributed by atoms with E-state index in [1.54, 1.807) is 0 Å². The molecule has 0 aromatic carbocycles. The van der Waals surface area contributed by atoms with Crippen molar-refractivity contribution in [2.75, 3.05) is 7.11 Å². The van der Waals surface area contributed by atoms with Gasteiger partial charge in [-0.05, 0) is 6.07 Å². The predicted octanol–water partition coefficient (Wildman–Crippen LogP) is 1.58. The zero-order valence-electron chi connectivity index (χ0n) is 9.21. The first kappa shape index (κ1) is 11.0. The van der Waals surface area contributed by atoms with Crippen LogP contribution in [0.4, 0.5) is 0 Å². The van der Waals surface area contributed by atoms with E-state index in [0.717, 1.165) is 0 Å². The molecule has 0 bridgehead atoms. The number of hydrogen-bond donors (Lipinski definition) is 2. The molecule has 0 amide bonds. The third-order valence-electron chi connectivity index (χ3n) is 2.30. The molecule has 2 heterocycles. The Morgan fingerprint density at radius 2 is 2.18 bits per heavy atom. The van der Waals surface area contributed by atoms with Gasteiger partial charge in [-0.1, -0.05) is 13.2 Å². The van der Waals surface area contributed by atoms with Crippen LogP contribution in [0.2, 0.25) is 0 Å². The summed E-state index contributed by atoms with van der Waals surface area (Å²) < 4.78 is 6.37. The van der Waals surface area contributed by atoms with Crippen molar-refractivity contribution in [2.24, 2.45) is 0 Å². The zero-order chi connectivity index (χ0) is 12.6. The molecule has 0 aliphatic rings. The lowest BCUT2D eigenvalue weighted by molar-refractivity contribution is 0.365. The lowest BCUT2D eigenvalue weighted by atomic mass is 10.2. The molecule has 2 aromatic rings. The first-order valence-corrected chi connectivity index (χ1v) is 4.73. The summed E-state index contributed by atoms with van der Waals surface area (Å²) in [4.78, 5) is 7.79. The largest absolute Gasteiger partial charge is 0.506 e. The summed E-state index contributed by atoms with van der Waals surface area (Å²) in [5.41, 5.74) is 1.08. The number of aliphatic hydroxyl groups is 1. The first-order chi connectivity index (χ1) is 8.04. The maximum absolute atomic E-state index is 9.60. The molecule has 2 aromatic heterocycles. The summed E-state index contributed by atoms with van der Waals surface area (Å²) in [6, 6.07) is 1.28. The second kappa shape index (κ2) is 3.82. The van der Waals surface area contributed by atoms with E-state index in [-0.39, 0.29) is 17.5 Å². The second-order valence-corrected chi connectivity index (χ2v) is 3.35. The van der Waals surface area contributed by atoms with E-state index in [1.165, 1.54) is 23.8 Å². The molecule has 0 fully saturated rings. The maximum Gasteiger partial charge on any atom is 0.300 e. The van der Waals surface area contributed by atoms with Crippen LogP contribution in [-0.4, -0.2) is 31.7 Å². The molecule has 0 aliphatic heterocycles. The Labute approximate surface area is 97.1 Å². The number of ether oxygens (including phenoxy) is 1. The van der Waals surface area contributed by atoms with E-state index in [1.807, 2.05) is 0 Å². The van der Waals surface area contributed by atoms with Crippen LogP contribution in [0.1, 0.15) is 11.4 Å². The third kappa shape index (κ3) is 1.69. The number of methoxy groups -OCH3 is 1. The highest BCUT2D eigenvalue weighted by atomic mass is 16.5. The quantitative estimate of drug-likeness (QED) is 0.787. The van der Waals surface area contributed by atoms with Gasteiger partial charge in [-0.25, -0.2) is 14.4 Å². The van der Waals surface area contributed by atoms with Gasteiger partial charge in [0.2, 0.25) is 0 Å². The van der Waals surface area contributed by atoms with Gasteiger partial charge in [0.15, 0.2) is 5.65 Å². The van der Waals surface area contributed by atoms with E-state index in [9.17, 15) is 10.2 Å². The zero-order valence-corrected chi connectivity index (χ0v) is 9.21. The number of imidazole rings is 1. The minimum atomic E-state index is -0.226. The van der Waals surface area contributed by atoms with Crippen molar-refractivity contribution < 1.29 is 14.9 Å². The van der Waals surface area contributed by atoms with Crippen molar-refractivity contribution in [3.05, 3.63) is 36.8 Å². The summed E-state index contributed by atoms with van der Waals surface area (Å²) in [5, 5.41) is 18.9. The summed E-state index contributed by atoms with van der Waals surface area (Å²) in [6.07, 6.45) is 1.37. The minimum absolute atomic E-state index is 0.182. The Balaban J connectivity index is 2.80. The van der Waals surface area contributed by atoms with Gasteiger partial charge in [0, 0.05) is 0 Å². The fourth-order valence-corrected chi connectivity index (χ4v) is 1.45. The van der Waals surface area contributed by atoms with Crippen LogP contribution < -0.4 is 0 Å². The van der Waals surface area contributed by atoms with Gasteiger partial charge in [-0.15, -0.1) is 0 Å². The summed E-state index contributed by atoms with van der Waals surface area (Å²) in [7, 11) is 1.45. The van der Waals surface area contributed by atoms with Gasteiger partial charge in [-0.3, -0.25) is 0 Å². The summed E-state index contributed by atoms with van der Waals surface area (Å²) in [5.74, 6) is 0.131. The van der Waals surface area contributed by atoms with Crippen molar-refractivity contribution in [1.29, 1.82) is 0 Å². The minimum Gasteiger partial charge on any atom is -0.506 e. The third-order valence-corrected chi connectivity index (χ3v) is 2.30. The highest BCUT2D eigenvalue weighted by Gasteiger charge is 2.14. The average Bonchev–Trinajstić information content (AvgIpc) is 2.69. The Kier molecular flexibility index (Phi) is 2.47. The Morgan fingerprint density at radius 3 is 2.76 bits per heavy atom. The molecule has 88 valence electrons. The maximum atomic E-state index is 9.60. The smallest absolute Gasteiger partial charge is 0.300 e. The van der Waals surface area contributed by atoms with Gasteiger partial charge >= 0.3 is 0 Å². The lowest BCUT2D eigenvalue weighted by Crippen LogP contribution is -2.01. The normalized spacial score (nSPS) is 10.4. The molecule has 0 spiro atoms. The predicted molar refractivity (Wildman–Crippen MR) is 62.4 cm³/mol. The number of rotatable bonds is 3. The topological polar surface area (TPSA) is 79.9 Å². The molecule has 2 N–H and O–H groups in total. The number of fused-ring (bicyclic) bond motifs is 1. The van der Waals surface area contributed by atoms with Gasteiger partial charge < -0.3 is 14.9 Å². The van der Waals surface area contributed by atoms with Crippen molar-refractivity contribution in [3.63, 3.8) is 0 Å². The van der Waals surface area contributed by atoms with Crippen LogP contribution in [0.5, 0.6) is 6.01 Å². The molecule has 6 nitrogen and oxygen atoms in total. The molecule has 0 atom stereocenters. The van der Waals surface area contributed by atoms with E-state index in [2.05, 4.69) is 23.1 Å². The number of nitrogens with zero attached hydrogens (tertiary/aromatic N) is 3. The molecule has 0 saturated heterocycles. The van der Waals surface area contributed by atoms with E-state index in [0.29, 0.717) is 17.1 Å². The average molecular weight is 233 g/mol. The Hall–Kier alpha value is -2.50. The van der Waals surface area contributed by atoms with Crippen LogP contribution in [-0.2, 0) is 4.74 Å². The second-order valence-electron chi connectivity index (χ2n) is 3.35. The van der Waals surface area contributed by atoms with Crippen LogP contribution in [0.3, 0.4) is 0 Å². The van der Waals surface area contributed by atoms with Gasteiger partial charge in [-0.2, -0.15) is 0 Å². The van der Waals surface area contributed by atoms with Crippen LogP contribution in [0, 0.1) is 0 Å². The first-order valence-electron chi connectivity index (χ1n) is 4.73. The molecule has 17 heavy (non-hydrogen) atoms. The van der Waals surface area contributed by atoms with Gasteiger partial charge in [0.05, 0.1) is 19.0 Å². The Bertz CT molecular complexity index is 616. The number of aromatic nitrogens is 3. The molecule has 0 aliphatic carbocycles. The molecule has 2 rings (SSSR count). The van der Waals surface area contributed by atoms with Crippen LogP contribution in [0.15, 0.2) is 25.4 Å². The van der Waals surface area contributed by atoms with Crippen molar-refractivity contribution in [3.8, 4) is 6.01 Å². The van der Waals surface area contributed by atoms with Crippen molar-refractivity contribution in [2.45, 2.75) is 0 Å². The standard InChI is InChI=1S/C11H11N3O3/c1-6(15)8-4-9(7(2)17-3)14-10(13-8)5-12-11(14)16/h4-5,15H,1-2H2,3H3,(H,12,16). The lowest BCUT2D eigenvalue weighted by Gasteiger charge is -2.09. The number of hydrogen-bond acceptors (Lipinski definition) is 5. The molecule has 6 heteroatoms. The fraction of sp³-hybridized carbons (Fsp3) is 0.0909. The van der Waals surface area contributed by atoms with Crippen LogP contribution in [0.25, 0.3) is 17.2 Å². The highest BCUT2D eigenvalue weighted by Crippen LogP contribution is 2.22. The van der Waals surface area contributed by atoms with Crippen molar-refractivity contribution in [1.82, 2.24) is 14.4 Å². The SMILES string of the molecule is C=C(O)c1cc(C(=C)OC)n2c(O)ncc2n1. The van der Waals surface area contributed by atoms with E-state index >= 15 is 0 Å². The number of aliphatic hydroxyl groups excluding tert-OH is 1. The Morgan fingerprint density at radius 1 is 1.47 bits per heavy atom. The summed E-state index contributed by atoms with van der Waals surface area (Å²) in [6.45, 7) is 7.09.